The highest BCUT2D eigenvalue weighted by atomic mass is 79.9. The van der Waals surface area contributed by atoms with E-state index in [1.54, 1.807) is 0 Å². The van der Waals surface area contributed by atoms with Crippen molar-refractivity contribution < 1.29 is 9.47 Å². The second-order valence-corrected chi connectivity index (χ2v) is 6.44. The van der Waals surface area contributed by atoms with E-state index in [2.05, 4.69) is 43.3 Å². The van der Waals surface area contributed by atoms with Gasteiger partial charge in [0, 0.05) is 21.5 Å². The molecule has 2 atom stereocenters. The first-order valence-electron chi connectivity index (χ1n) is 6.24. The Morgan fingerprint density at radius 3 is 3.00 bits per heavy atom. The topological polar surface area (TPSA) is 56.5 Å². The summed E-state index contributed by atoms with van der Waals surface area (Å²) >= 11 is 6.93. The molecule has 0 aromatic heterocycles. The van der Waals surface area contributed by atoms with Crippen LogP contribution in [0.2, 0.25) is 0 Å². The molecule has 1 aliphatic heterocycles. The van der Waals surface area contributed by atoms with Gasteiger partial charge in [-0.25, -0.2) is 0 Å². The highest BCUT2D eigenvalue weighted by molar-refractivity contribution is 9.11. The third kappa shape index (κ3) is 2.93. The predicted molar refractivity (Wildman–Crippen MR) is 84.9 cm³/mol. The van der Waals surface area contributed by atoms with Gasteiger partial charge in [-0.05, 0) is 39.7 Å². The number of hydrogen-bond donors (Lipinski definition) is 2. The van der Waals surface area contributed by atoms with E-state index in [1.807, 2.05) is 24.3 Å². The van der Waals surface area contributed by atoms with Crippen LogP contribution in [0.15, 0.2) is 45.1 Å². The van der Waals surface area contributed by atoms with E-state index < -0.39 is 0 Å². The molecular formula is C14H14Br2N2O2. The zero-order valence-corrected chi connectivity index (χ0v) is 13.8. The first-order valence-corrected chi connectivity index (χ1v) is 7.83. The zero-order chi connectivity index (χ0) is 14.1. The number of benzene rings is 1. The van der Waals surface area contributed by atoms with Gasteiger partial charge in [-0.1, -0.05) is 28.1 Å². The molecule has 0 bridgehead atoms. The third-order valence-electron chi connectivity index (χ3n) is 3.30. The fourth-order valence-corrected chi connectivity index (χ4v) is 3.54. The Morgan fingerprint density at radius 2 is 2.15 bits per heavy atom. The minimum absolute atomic E-state index is 0.0156. The first kappa shape index (κ1) is 14.1. The molecule has 0 saturated carbocycles. The molecule has 0 spiro atoms. The van der Waals surface area contributed by atoms with Gasteiger partial charge in [0.05, 0.1) is 5.69 Å². The molecular weight excluding hydrogens is 388 g/mol. The molecule has 2 unspecified atom stereocenters. The molecule has 0 amide bonds. The number of hydrogen-bond acceptors (Lipinski definition) is 4. The summed E-state index contributed by atoms with van der Waals surface area (Å²) in [5.74, 6) is 0.883. The maximum absolute atomic E-state index is 6.07. The second-order valence-electron chi connectivity index (χ2n) is 4.67. The SMILES string of the molecule is Nc1c(Br)cc(Br)cc1CNC1C=CC2OCOC2=C1. The summed E-state index contributed by atoms with van der Waals surface area (Å²) in [7, 11) is 0. The van der Waals surface area contributed by atoms with Crippen LogP contribution < -0.4 is 11.1 Å². The smallest absolute Gasteiger partial charge is 0.189 e. The summed E-state index contributed by atoms with van der Waals surface area (Å²) in [6.45, 7) is 1.01. The van der Waals surface area contributed by atoms with Gasteiger partial charge in [0.1, 0.15) is 11.9 Å². The van der Waals surface area contributed by atoms with Gasteiger partial charge in [0.2, 0.25) is 0 Å². The van der Waals surface area contributed by atoms with Crippen LogP contribution in [0.1, 0.15) is 5.56 Å². The lowest BCUT2D eigenvalue weighted by Crippen LogP contribution is -2.28. The maximum atomic E-state index is 6.07. The van der Waals surface area contributed by atoms with E-state index in [-0.39, 0.29) is 12.1 Å². The molecule has 6 heteroatoms. The molecule has 1 aromatic rings. The lowest BCUT2D eigenvalue weighted by molar-refractivity contribution is 0.0630. The molecule has 4 nitrogen and oxygen atoms in total. The van der Waals surface area contributed by atoms with Crippen molar-refractivity contribution in [2.24, 2.45) is 0 Å². The van der Waals surface area contributed by atoms with Crippen molar-refractivity contribution >= 4 is 37.5 Å². The Kier molecular flexibility index (Phi) is 4.16. The molecule has 1 aromatic carbocycles. The van der Waals surface area contributed by atoms with Crippen LogP contribution >= 0.6 is 31.9 Å². The van der Waals surface area contributed by atoms with E-state index in [1.165, 1.54) is 0 Å². The number of fused-ring (bicyclic) bond motifs is 1. The van der Waals surface area contributed by atoms with Crippen LogP contribution in [0.25, 0.3) is 0 Å². The Balaban J connectivity index is 1.68. The van der Waals surface area contributed by atoms with Crippen molar-refractivity contribution in [3.63, 3.8) is 0 Å². The number of nitrogens with two attached hydrogens (primary N) is 1. The molecule has 3 rings (SSSR count). The Morgan fingerprint density at radius 1 is 1.30 bits per heavy atom. The van der Waals surface area contributed by atoms with Crippen molar-refractivity contribution in [1.29, 1.82) is 0 Å². The number of nitrogen functional groups attached to an aromatic ring is 1. The lowest BCUT2D eigenvalue weighted by Gasteiger charge is -2.18. The molecule has 2 aliphatic rings. The number of anilines is 1. The maximum Gasteiger partial charge on any atom is 0.189 e. The fourth-order valence-electron chi connectivity index (χ4n) is 2.23. The van der Waals surface area contributed by atoms with Gasteiger partial charge in [0.15, 0.2) is 6.79 Å². The average molecular weight is 402 g/mol. The Hall–Kier alpha value is -0.820. The summed E-state index contributed by atoms with van der Waals surface area (Å²) in [5.41, 5.74) is 7.87. The molecule has 1 aliphatic carbocycles. The normalized spacial score (nSPS) is 24.2. The predicted octanol–water partition coefficient (Wildman–Crippen LogP) is 3.08. The average Bonchev–Trinajstić information content (AvgIpc) is 2.88. The van der Waals surface area contributed by atoms with Crippen LogP contribution in [0.5, 0.6) is 0 Å². The van der Waals surface area contributed by atoms with Gasteiger partial charge < -0.3 is 20.5 Å². The monoisotopic (exact) mass is 400 g/mol. The Labute approximate surface area is 134 Å². The zero-order valence-electron chi connectivity index (χ0n) is 10.6. The largest absolute Gasteiger partial charge is 0.469 e. The number of nitrogens with one attached hydrogen (secondary N) is 1. The van der Waals surface area contributed by atoms with Crippen molar-refractivity contribution in [2.45, 2.75) is 18.7 Å². The summed E-state index contributed by atoms with van der Waals surface area (Å²) in [5, 5.41) is 3.43. The van der Waals surface area contributed by atoms with E-state index >= 15 is 0 Å². The number of halogens is 2. The van der Waals surface area contributed by atoms with E-state index in [4.69, 9.17) is 15.2 Å². The van der Waals surface area contributed by atoms with Crippen LogP contribution in [0, 0.1) is 0 Å². The van der Waals surface area contributed by atoms with Gasteiger partial charge in [-0.3, -0.25) is 0 Å². The van der Waals surface area contributed by atoms with Gasteiger partial charge in [-0.2, -0.15) is 0 Å². The van der Waals surface area contributed by atoms with Crippen LogP contribution in [-0.4, -0.2) is 18.9 Å². The summed E-state index contributed by atoms with van der Waals surface area (Å²) in [6, 6.07) is 4.08. The van der Waals surface area contributed by atoms with Gasteiger partial charge >= 0.3 is 0 Å². The second kappa shape index (κ2) is 5.89. The molecule has 1 fully saturated rings. The van der Waals surface area contributed by atoms with E-state index in [0.717, 1.165) is 26.0 Å². The summed E-state index contributed by atoms with van der Waals surface area (Å²) in [6.07, 6.45) is 6.12. The molecule has 1 heterocycles. The minimum atomic E-state index is -0.0156. The van der Waals surface area contributed by atoms with Crippen molar-refractivity contribution in [3.05, 3.63) is 50.6 Å². The van der Waals surface area contributed by atoms with Crippen molar-refractivity contribution in [2.75, 3.05) is 12.5 Å². The number of ether oxygens (including phenoxy) is 2. The highest BCUT2D eigenvalue weighted by Gasteiger charge is 2.25. The van der Waals surface area contributed by atoms with Gasteiger partial charge in [-0.15, -0.1) is 0 Å². The standard InChI is InChI=1S/C14H14Br2N2O2/c15-9-3-8(14(17)11(16)4-9)6-18-10-1-2-12-13(5-10)20-7-19-12/h1-5,10,12,18H,6-7,17H2. The summed E-state index contributed by atoms with van der Waals surface area (Å²) in [4.78, 5) is 0. The first-order chi connectivity index (χ1) is 9.63. The van der Waals surface area contributed by atoms with Gasteiger partial charge in [0.25, 0.3) is 0 Å². The highest BCUT2D eigenvalue weighted by Crippen LogP contribution is 2.28. The summed E-state index contributed by atoms with van der Waals surface area (Å²) < 4.78 is 12.7. The van der Waals surface area contributed by atoms with Crippen LogP contribution in [0.4, 0.5) is 5.69 Å². The fraction of sp³-hybridized carbons (Fsp3) is 0.286. The van der Waals surface area contributed by atoms with Crippen molar-refractivity contribution in [1.82, 2.24) is 5.32 Å². The van der Waals surface area contributed by atoms with E-state index in [0.29, 0.717) is 13.3 Å². The molecule has 0 radical (unpaired) electrons. The molecule has 1 saturated heterocycles. The third-order valence-corrected chi connectivity index (χ3v) is 4.41. The molecule has 20 heavy (non-hydrogen) atoms. The van der Waals surface area contributed by atoms with Crippen LogP contribution in [-0.2, 0) is 16.0 Å². The van der Waals surface area contributed by atoms with Crippen molar-refractivity contribution in [3.8, 4) is 0 Å². The van der Waals surface area contributed by atoms with E-state index in [9.17, 15) is 0 Å². The molecule has 106 valence electrons. The lowest BCUT2D eigenvalue weighted by atomic mass is 10.1. The molecule has 3 N–H and O–H groups in total. The number of rotatable bonds is 3. The quantitative estimate of drug-likeness (QED) is 0.603. The van der Waals surface area contributed by atoms with Crippen LogP contribution in [0.3, 0.4) is 0 Å². The minimum Gasteiger partial charge on any atom is -0.469 e. The Bertz CT molecular complexity index is 587.